The maximum atomic E-state index is 13.2. The standard InChI is InChI=1S/C29H28N2O2.C23H22O3.C21H18O3.C17H16O4.C17H18O3.C17H16O3/c1-19-9-12-22(13-10-19)25-15-26(28(32)23-7-5-4-6-8-23)17-27(16-25)29(33)31-21(3)24-14-11-20(2)30-18-24;1-3-26-23(25)21-14-19(17-11-9-16(2)10-12-17)13-20(15-21)22(24)18-7-5-4-6-8-18;1-14-7-9-15(10-8-14)17-11-18(13-19(12-17)21(23)24)20(22)16-5-3-2-4-6-16;1-3-21-17(20)15-9-13(8-14(10-15)16(18)19)12-6-4-11(2)5-7-12;2*1-3-20-17(19)16-9-13(11-18)8-15(10-16)14-6-4-12(2)5-7-14/h4-18,21,28,32H,1-3H3,(H,31,33);4-15,22,24H,3H2,1-2H3;2-13,20,22H,1H3,(H,23,24);4-10H,3H2,1-2H3,(H,18,19);4-10,18H,3,11H2,1-2H3;4-11H,3H2,1-2H3/t21-,28?;;;;;/m1...../s1. The molecular weight excluding hydrogens is 1810 g/mol. The normalized spacial score (nSPS) is 11.4. The number of aliphatic hydroxyl groups excluding tert-OH is 4. The van der Waals surface area contributed by atoms with Gasteiger partial charge in [-0.3, -0.25) is 14.6 Å². The summed E-state index contributed by atoms with van der Waals surface area (Å²) in [7, 11) is 0. The first-order valence-corrected chi connectivity index (χ1v) is 47.3. The van der Waals surface area contributed by atoms with E-state index in [0.717, 1.165) is 118 Å². The van der Waals surface area contributed by atoms with E-state index >= 15 is 0 Å². The van der Waals surface area contributed by atoms with Crippen molar-refractivity contribution in [1.82, 2.24) is 10.3 Å². The lowest BCUT2D eigenvalue weighted by Gasteiger charge is -2.18. The highest BCUT2D eigenvalue weighted by molar-refractivity contribution is 5.99. The number of aromatic carboxylic acids is 2. The van der Waals surface area contributed by atoms with Gasteiger partial charge in [-0.25, -0.2) is 28.8 Å². The zero-order valence-corrected chi connectivity index (χ0v) is 82.6. The second-order valence-electron chi connectivity index (χ2n) is 34.4. The summed E-state index contributed by atoms with van der Waals surface area (Å²) >= 11 is 0. The number of amides is 1. The van der Waals surface area contributed by atoms with Crippen molar-refractivity contribution in [2.75, 3.05) is 26.4 Å². The van der Waals surface area contributed by atoms with E-state index in [4.69, 9.17) is 18.9 Å². The number of carboxylic acid groups (broad SMARTS) is 2. The molecule has 1 amide bonds. The number of esters is 4. The molecule has 7 N–H and O–H groups in total. The number of carbonyl (C=O) groups excluding carboxylic acids is 6. The number of aromatic nitrogens is 1. The van der Waals surface area contributed by atoms with Crippen LogP contribution in [0.5, 0.6) is 0 Å². The zero-order valence-electron chi connectivity index (χ0n) is 82.6. The number of nitrogens with zero attached hydrogens (tertiary/aromatic N) is 1. The number of rotatable bonds is 27. The summed E-state index contributed by atoms with van der Waals surface area (Å²) in [5.41, 5.74) is 27.1. The number of aryl methyl sites for hydroxylation is 7. The van der Waals surface area contributed by atoms with Crippen molar-refractivity contribution < 1.29 is 87.9 Å². The molecule has 0 aliphatic rings. The molecule has 16 aromatic rings. The van der Waals surface area contributed by atoms with Crippen LogP contribution in [0.15, 0.2) is 364 Å². The molecule has 0 spiro atoms. The van der Waals surface area contributed by atoms with Crippen molar-refractivity contribution in [3.05, 3.63) is 492 Å². The average Bonchev–Trinajstić information content (AvgIpc) is 0.801. The molecule has 0 bridgehead atoms. The SMILES string of the molecule is CCOC(=O)c1cc(-c2ccc(C)cc2)cc(C(O)c2ccccc2)c1.CCOC(=O)c1cc(C(=O)O)cc(-c2ccc(C)cc2)c1.CCOC(=O)c1cc(C=O)cc(-c2ccc(C)cc2)c1.CCOC(=O)c1cc(CO)cc(-c2ccc(C)cc2)c1.Cc1ccc(-c2cc(C(=O)N[C@H](C)c3ccc(C)nc3)cc(C(O)c3ccccc3)c2)cc1.Cc1ccc(-c2cc(C(=O)O)cc(C(O)c3ccccc3)c2)cc1. The minimum atomic E-state index is -1.07. The Morgan fingerprint density at radius 1 is 0.292 bits per heavy atom. The molecule has 0 aliphatic carbocycles. The van der Waals surface area contributed by atoms with Gasteiger partial charge in [-0.2, -0.15) is 0 Å². The second-order valence-corrected chi connectivity index (χ2v) is 34.4. The summed E-state index contributed by atoms with van der Waals surface area (Å²) in [6, 6.07) is 110. The van der Waals surface area contributed by atoms with Crippen molar-refractivity contribution in [2.24, 2.45) is 0 Å². The average molecular weight is 1920 g/mol. The molecule has 144 heavy (non-hydrogen) atoms. The molecule has 20 heteroatoms. The van der Waals surface area contributed by atoms with Crippen LogP contribution < -0.4 is 5.32 Å². The van der Waals surface area contributed by atoms with Gasteiger partial charge >= 0.3 is 35.8 Å². The van der Waals surface area contributed by atoms with E-state index in [-0.39, 0.29) is 53.8 Å². The molecule has 20 nitrogen and oxygen atoms in total. The summed E-state index contributed by atoms with van der Waals surface area (Å²) in [4.78, 5) is 99.1. The van der Waals surface area contributed by atoms with Gasteiger partial charge in [0.25, 0.3) is 5.91 Å². The molecule has 1 heterocycles. The topological polar surface area (TPSA) is 320 Å². The molecule has 4 atom stereocenters. The predicted molar refractivity (Wildman–Crippen MR) is 565 cm³/mol. The minimum Gasteiger partial charge on any atom is -0.478 e. The van der Waals surface area contributed by atoms with Crippen LogP contribution in [-0.4, -0.2) is 110 Å². The van der Waals surface area contributed by atoms with Gasteiger partial charge in [0.2, 0.25) is 0 Å². The van der Waals surface area contributed by atoms with Crippen LogP contribution in [0.2, 0.25) is 0 Å². The molecule has 0 fully saturated rings. The molecule has 732 valence electrons. The Morgan fingerprint density at radius 2 is 0.562 bits per heavy atom. The third-order valence-corrected chi connectivity index (χ3v) is 23.3. The Labute approximate surface area is 840 Å². The molecular formula is C124H118N2O18. The first kappa shape index (κ1) is 108. The number of aldehydes is 1. The Morgan fingerprint density at radius 3 is 0.868 bits per heavy atom. The molecule has 16 rings (SSSR count). The van der Waals surface area contributed by atoms with Gasteiger partial charge in [-0.05, 0) is 310 Å². The fourth-order valence-corrected chi connectivity index (χ4v) is 15.3. The van der Waals surface area contributed by atoms with Crippen LogP contribution in [0.25, 0.3) is 66.8 Å². The Kier molecular flexibility index (Phi) is 39.7. The molecule has 0 radical (unpaired) electrons. The van der Waals surface area contributed by atoms with E-state index in [2.05, 4.69) is 10.3 Å². The molecule has 15 aromatic carbocycles. The van der Waals surface area contributed by atoms with Crippen molar-refractivity contribution in [1.29, 1.82) is 0 Å². The number of hydrogen-bond donors (Lipinski definition) is 7. The van der Waals surface area contributed by atoms with Crippen molar-refractivity contribution in [2.45, 2.75) is 114 Å². The molecule has 0 saturated heterocycles. The summed E-state index contributed by atoms with van der Waals surface area (Å²) < 4.78 is 20.1. The number of nitrogens with one attached hydrogen (secondary N) is 1. The van der Waals surface area contributed by atoms with Gasteiger partial charge < -0.3 is 54.9 Å². The number of carbonyl (C=O) groups is 8. The van der Waals surface area contributed by atoms with Gasteiger partial charge in [0.05, 0.1) is 72.5 Å². The Balaban J connectivity index is 0.000000166. The quantitative estimate of drug-likeness (QED) is 0.0143. The first-order chi connectivity index (χ1) is 69.3. The van der Waals surface area contributed by atoms with Crippen LogP contribution in [0.1, 0.15) is 225 Å². The van der Waals surface area contributed by atoms with Crippen molar-refractivity contribution >= 4 is 48.0 Å². The Hall–Kier alpha value is -16.8. The van der Waals surface area contributed by atoms with E-state index in [1.54, 1.807) is 94.6 Å². The predicted octanol–water partition coefficient (Wildman–Crippen LogP) is 25.8. The number of carboxylic acids is 2. The fraction of sp³-hybridized carbons (Fsp3) is 0.169. The smallest absolute Gasteiger partial charge is 0.338 e. The van der Waals surface area contributed by atoms with E-state index in [0.29, 0.717) is 75.5 Å². The number of hydrogen-bond acceptors (Lipinski definition) is 17. The third-order valence-electron chi connectivity index (χ3n) is 23.3. The van der Waals surface area contributed by atoms with Crippen LogP contribution >= 0.6 is 0 Å². The summed E-state index contributed by atoms with van der Waals surface area (Å²) in [5, 5.41) is 63.5. The lowest BCUT2D eigenvalue weighted by atomic mass is 9.94. The van der Waals surface area contributed by atoms with Crippen molar-refractivity contribution in [3.63, 3.8) is 0 Å². The minimum absolute atomic E-state index is 0.0659. The monoisotopic (exact) mass is 1920 g/mol. The van der Waals surface area contributed by atoms with E-state index < -0.39 is 42.2 Å². The van der Waals surface area contributed by atoms with E-state index in [9.17, 15) is 69.0 Å². The largest absolute Gasteiger partial charge is 0.478 e. The van der Waals surface area contributed by atoms with Gasteiger partial charge in [-0.15, -0.1) is 0 Å². The van der Waals surface area contributed by atoms with E-state index in [1.165, 1.54) is 23.3 Å². The highest BCUT2D eigenvalue weighted by Crippen LogP contribution is 2.36. The maximum absolute atomic E-state index is 13.2. The number of pyridine rings is 1. The Bertz CT molecular complexity index is 7040. The van der Waals surface area contributed by atoms with Gasteiger partial charge in [-0.1, -0.05) is 276 Å². The fourth-order valence-electron chi connectivity index (χ4n) is 15.3. The summed E-state index contributed by atoms with van der Waals surface area (Å²) in [5.74, 6) is -3.96. The lowest BCUT2D eigenvalue weighted by Crippen LogP contribution is -2.27. The third kappa shape index (κ3) is 31.1. The van der Waals surface area contributed by atoms with Gasteiger partial charge in [0.1, 0.15) is 24.6 Å². The first-order valence-electron chi connectivity index (χ1n) is 47.3. The zero-order chi connectivity index (χ0) is 103. The van der Waals surface area contributed by atoms with Crippen LogP contribution in [-0.2, 0) is 25.6 Å². The highest BCUT2D eigenvalue weighted by atomic mass is 16.5. The van der Waals surface area contributed by atoms with Crippen molar-refractivity contribution in [3.8, 4) is 66.8 Å². The molecule has 1 aromatic heterocycles. The van der Waals surface area contributed by atoms with Gasteiger partial charge in [0.15, 0.2) is 0 Å². The van der Waals surface area contributed by atoms with Crippen LogP contribution in [0.4, 0.5) is 0 Å². The summed E-state index contributed by atoms with van der Waals surface area (Å²) in [6.07, 6.45) is 0.0138. The van der Waals surface area contributed by atoms with Crippen LogP contribution in [0.3, 0.4) is 0 Å². The number of aliphatic hydroxyl groups is 4. The highest BCUT2D eigenvalue weighted by Gasteiger charge is 2.24. The second kappa shape index (κ2) is 53.0. The maximum Gasteiger partial charge on any atom is 0.338 e. The lowest BCUT2D eigenvalue weighted by molar-refractivity contribution is 0.0516. The number of ether oxygens (including phenoxy) is 4. The van der Waals surface area contributed by atoms with E-state index in [1.807, 2.05) is 341 Å². The molecule has 3 unspecified atom stereocenters. The summed E-state index contributed by atoms with van der Waals surface area (Å²) in [6.45, 7) is 24.1. The number of benzene rings is 15. The van der Waals surface area contributed by atoms with Gasteiger partial charge in [0, 0.05) is 23.0 Å². The molecule has 0 aliphatic heterocycles. The van der Waals surface area contributed by atoms with Crippen LogP contribution in [0, 0.1) is 48.5 Å². The molecule has 0 saturated carbocycles.